The molecule has 1 aliphatic rings. The number of nitrogens with one attached hydrogen (secondary N) is 1. The molecule has 0 unspecified atom stereocenters. The summed E-state index contributed by atoms with van der Waals surface area (Å²) in [5.41, 5.74) is 3.67. The number of nitrogens with zero attached hydrogens (tertiary/aromatic N) is 5. The highest BCUT2D eigenvalue weighted by atomic mass is 16.3. The van der Waals surface area contributed by atoms with Crippen LogP contribution in [0, 0.1) is 19.8 Å². The Labute approximate surface area is 195 Å². The summed E-state index contributed by atoms with van der Waals surface area (Å²) in [6.45, 7) is 9.21. The second-order valence-corrected chi connectivity index (χ2v) is 9.77. The number of rotatable bonds is 8. The average Bonchev–Trinajstić information content (AvgIpc) is 3.27. The highest BCUT2D eigenvalue weighted by Crippen LogP contribution is 2.34. The van der Waals surface area contributed by atoms with Crippen LogP contribution in [0.15, 0.2) is 23.0 Å². The third-order valence-electron chi connectivity index (χ3n) is 7.01. The number of fused-ring (bicyclic) bond motifs is 1. The first-order chi connectivity index (χ1) is 15.9. The van der Waals surface area contributed by atoms with Crippen molar-refractivity contribution in [2.24, 2.45) is 5.92 Å². The van der Waals surface area contributed by atoms with Gasteiger partial charge in [-0.1, -0.05) is 45.2 Å². The van der Waals surface area contributed by atoms with Gasteiger partial charge in [0.1, 0.15) is 0 Å². The Kier molecular flexibility index (Phi) is 7.24. The van der Waals surface area contributed by atoms with Crippen molar-refractivity contribution in [1.82, 2.24) is 30.1 Å². The van der Waals surface area contributed by atoms with Crippen molar-refractivity contribution < 1.29 is 5.11 Å². The number of pyridine rings is 1. The number of H-pyrrole nitrogens is 1. The van der Waals surface area contributed by atoms with E-state index in [1.54, 1.807) is 0 Å². The zero-order chi connectivity index (χ0) is 23.5. The lowest BCUT2D eigenvalue weighted by Crippen LogP contribution is -2.38. The predicted molar refractivity (Wildman–Crippen MR) is 129 cm³/mol. The van der Waals surface area contributed by atoms with Gasteiger partial charge in [0.2, 0.25) is 0 Å². The molecule has 0 spiro atoms. The van der Waals surface area contributed by atoms with Crippen LogP contribution >= 0.6 is 0 Å². The van der Waals surface area contributed by atoms with Crippen molar-refractivity contribution in [3.8, 4) is 0 Å². The summed E-state index contributed by atoms with van der Waals surface area (Å²) in [7, 11) is 0. The quantitative estimate of drug-likeness (QED) is 0.539. The van der Waals surface area contributed by atoms with Gasteiger partial charge in [-0.2, -0.15) is 0 Å². The van der Waals surface area contributed by atoms with E-state index in [1.807, 2.05) is 23.7 Å². The van der Waals surface area contributed by atoms with Gasteiger partial charge in [-0.3, -0.25) is 9.69 Å². The van der Waals surface area contributed by atoms with Gasteiger partial charge in [0.25, 0.3) is 5.56 Å². The standard InChI is InChI=1S/C25H36N6O2/c1-16(2)23(24-27-28-29-31(24)20-8-6-5-7-9-20)30(12-13-32)15-19-14-21-17(3)10-11-18(4)22(21)26-25(19)33/h10-11,14,16,20,23,32H,5-9,12-13,15H2,1-4H3,(H,26,33)/t23-/m0/s1. The highest BCUT2D eigenvalue weighted by Gasteiger charge is 2.32. The summed E-state index contributed by atoms with van der Waals surface area (Å²) in [6.07, 6.45) is 5.84. The molecular formula is C25H36N6O2. The monoisotopic (exact) mass is 452 g/mol. The van der Waals surface area contributed by atoms with Crippen molar-refractivity contribution in [2.45, 2.75) is 78.4 Å². The number of benzene rings is 1. The second-order valence-electron chi connectivity index (χ2n) is 9.77. The van der Waals surface area contributed by atoms with Crippen LogP contribution in [0.25, 0.3) is 10.9 Å². The molecule has 2 aromatic heterocycles. The molecular weight excluding hydrogens is 416 g/mol. The fourth-order valence-corrected chi connectivity index (χ4v) is 5.26. The van der Waals surface area contributed by atoms with E-state index < -0.39 is 0 Å². The first-order valence-corrected chi connectivity index (χ1v) is 12.2. The van der Waals surface area contributed by atoms with E-state index in [0.29, 0.717) is 24.7 Å². The largest absolute Gasteiger partial charge is 0.395 e. The van der Waals surface area contributed by atoms with E-state index in [9.17, 15) is 9.90 Å². The molecule has 178 valence electrons. The topological polar surface area (TPSA) is 99.9 Å². The van der Waals surface area contributed by atoms with E-state index in [4.69, 9.17) is 0 Å². The molecule has 33 heavy (non-hydrogen) atoms. The maximum Gasteiger partial charge on any atom is 0.252 e. The smallest absolute Gasteiger partial charge is 0.252 e. The number of aliphatic hydroxyl groups is 1. The Hall–Kier alpha value is -2.58. The van der Waals surface area contributed by atoms with Gasteiger partial charge in [-0.25, -0.2) is 4.68 Å². The van der Waals surface area contributed by atoms with Gasteiger partial charge in [0.05, 0.1) is 24.2 Å². The van der Waals surface area contributed by atoms with Gasteiger partial charge >= 0.3 is 0 Å². The molecule has 0 saturated heterocycles. The molecule has 4 rings (SSSR count). The van der Waals surface area contributed by atoms with E-state index in [2.05, 4.69) is 52.2 Å². The van der Waals surface area contributed by atoms with Crippen LogP contribution in [-0.4, -0.2) is 48.3 Å². The molecule has 8 heteroatoms. The van der Waals surface area contributed by atoms with Gasteiger partial charge in [-0.15, -0.1) is 5.10 Å². The van der Waals surface area contributed by atoms with E-state index >= 15 is 0 Å². The van der Waals surface area contributed by atoms with Gasteiger partial charge in [-0.05, 0) is 60.2 Å². The van der Waals surface area contributed by atoms with Crippen LogP contribution in [0.4, 0.5) is 0 Å². The summed E-state index contributed by atoms with van der Waals surface area (Å²) in [4.78, 5) is 18.3. The molecule has 1 fully saturated rings. The number of aromatic amines is 1. The van der Waals surface area contributed by atoms with Crippen LogP contribution in [0.5, 0.6) is 0 Å². The Bertz CT molecular complexity index is 1150. The molecule has 1 aliphatic carbocycles. The lowest BCUT2D eigenvalue weighted by Gasteiger charge is -2.34. The molecule has 0 bridgehead atoms. The van der Waals surface area contributed by atoms with E-state index in [0.717, 1.165) is 40.7 Å². The third-order valence-corrected chi connectivity index (χ3v) is 7.01. The summed E-state index contributed by atoms with van der Waals surface area (Å²) >= 11 is 0. The van der Waals surface area contributed by atoms with Crippen molar-refractivity contribution >= 4 is 10.9 Å². The van der Waals surface area contributed by atoms with Crippen molar-refractivity contribution in [1.29, 1.82) is 0 Å². The average molecular weight is 453 g/mol. The Morgan fingerprint density at radius 1 is 1.18 bits per heavy atom. The summed E-state index contributed by atoms with van der Waals surface area (Å²) in [6, 6.07) is 6.33. The van der Waals surface area contributed by atoms with Gasteiger partial charge in [0, 0.05) is 24.0 Å². The van der Waals surface area contributed by atoms with Gasteiger partial charge in [0.15, 0.2) is 5.82 Å². The Morgan fingerprint density at radius 2 is 1.91 bits per heavy atom. The molecule has 0 radical (unpaired) electrons. The predicted octanol–water partition coefficient (Wildman–Crippen LogP) is 3.83. The number of aliphatic hydroxyl groups excluding tert-OH is 1. The van der Waals surface area contributed by atoms with Gasteiger partial charge < -0.3 is 10.1 Å². The van der Waals surface area contributed by atoms with Crippen LogP contribution < -0.4 is 5.56 Å². The fourth-order valence-electron chi connectivity index (χ4n) is 5.26. The Balaban J connectivity index is 1.72. The normalized spacial score (nSPS) is 16.2. The zero-order valence-corrected chi connectivity index (χ0v) is 20.2. The number of hydrogen-bond acceptors (Lipinski definition) is 6. The molecule has 0 aliphatic heterocycles. The van der Waals surface area contributed by atoms with Crippen molar-refractivity contribution in [3.63, 3.8) is 0 Å². The van der Waals surface area contributed by atoms with E-state index in [-0.39, 0.29) is 24.1 Å². The maximum atomic E-state index is 13.0. The molecule has 1 aromatic carbocycles. The second kappa shape index (κ2) is 10.1. The van der Waals surface area contributed by atoms with Crippen LogP contribution in [-0.2, 0) is 6.54 Å². The molecule has 1 saturated carbocycles. The fraction of sp³-hybridized carbons (Fsp3) is 0.600. The van der Waals surface area contributed by atoms with Crippen LogP contribution in [0.2, 0.25) is 0 Å². The number of hydrogen-bond donors (Lipinski definition) is 2. The van der Waals surface area contributed by atoms with Crippen LogP contribution in [0.3, 0.4) is 0 Å². The first-order valence-electron chi connectivity index (χ1n) is 12.2. The lowest BCUT2D eigenvalue weighted by molar-refractivity contribution is 0.103. The Morgan fingerprint density at radius 3 is 2.61 bits per heavy atom. The SMILES string of the molecule is Cc1ccc(C)c2[nH]c(=O)c(CN(CCO)[C@H](c3nnnn3C3CCCCC3)C(C)C)cc12. The van der Waals surface area contributed by atoms with Crippen molar-refractivity contribution in [3.05, 3.63) is 51.1 Å². The number of aromatic nitrogens is 5. The lowest BCUT2D eigenvalue weighted by atomic mass is 9.94. The number of tetrazole rings is 1. The maximum absolute atomic E-state index is 13.0. The minimum Gasteiger partial charge on any atom is -0.395 e. The minimum absolute atomic E-state index is 0.00215. The molecule has 0 amide bonds. The third kappa shape index (κ3) is 4.87. The molecule has 2 heterocycles. The molecule has 1 atom stereocenters. The summed E-state index contributed by atoms with van der Waals surface area (Å²) < 4.78 is 2.01. The zero-order valence-electron chi connectivity index (χ0n) is 20.2. The molecule has 2 N–H and O–H groups in total. The van der Waals surface area contributed by atoms with Crippen molar-refractivity contribution in [2.75, 3.05) is 13.2 Å². The first kappa shape index (κ1) is 23.6. The van der Waals surface area contributed by atoms with Crippen LogP contribution in [0.1, 0.15) is 80.6 Å². The summed E-state index contributed by atoms with van der Waals surface area (Å²) in [5.74, 6) is 1.03. The molecule has 3 aromatic rings. The highest BCUT2D eigenvalue weighted by molar-refractivity contribution is 5.85. The minimum atomic E-state index is -0.109. The summed E-state index contributed by atoms with van der Waals surface area (Å²) in [5, 5.41) is 23.8. The van der Waals surface area contributed by atoms with E-state index in [1.165, 1.54) is 19.3 Å². The number of aryl methyl sites for hydroxylation is 2. The molecule has 8 nitrogen and oxygen atoms in total.